The van der Waals surface area contributed by atoms with E-state index in [1.807, 2.05) is 11.6 Å². The molecule has 2 rings (SSSR count). The van der Waals surface area contributed by atoms with E-state index in [4.69, 9.17) is 11.6 Å². The molecule has 20 heavy (non-hydrogen) atoms. The van der Waals surface area contributed by atoms with Gasteiger partial charge in [-0.1, -0.05) is 18.0 Å². The van der Waals surface area contributed by atoms with Gasteiger partial charge in [0.1, 0.15) is 0 Å². The quantitative estimate of drug-likeness (QED) is 0.877. The van der Waals surface area contributed by atoms with Gasteiger partial charge in [-0.05, 0) is 46.7 Å². The number of aryl methyl sites for hydroxylation is 2. The van der Waals surface area contributed by atoms with E-state index in [2.05, 4.69) is 29.2 Å². The molecule has 0 saturated carbocycles. The Bertz CT molecular complexity index is 424. The topological polar surface area (TPSA) is 33.1 Å². The second-order valence-electron chi connectivity index (χ2n) is 5.74. The molecule has 0 bridgehead atoms. The van der Waals surface area contributed by atoms with E-state index in [0.29, 0.717) is 6.04 Å². The fraction of sp³-hybridized carbons (Fsp3) is 0.800. The Kier molecular flexibility index (Phi) is 5.87. The Hall–Kier alpha value is -0.580. The van der Waals surface area contributed by atoms with Gasteiger partial charge in [0, 0.05) is 25.7 Å². The summed E-state index contributed by atoms with van der Waals surface area (Å²) in [6, 6.07) is 0.591. The van der Waals surface area contributed by atoms with Crippen LogP contribution in [-0.4, -0.2) is 40.4 Å². The van der Waals surface area contributed by atoms with Crippen LogP contribution in [0.5, 0.6) is 0 Å². The first-order chi connectivity index (χ1) is 9.63. The predicted molar refractivity (Wildman–Crippen MR) is 84.2 cm³/mol. The second kappa shape index (κ2) is 7.43. The van der Waals surface area contributed by atoms with Crippen LogP contribution in [0.1, 0.15) is 44.5 Å². The smallest absolute Gasteiger partial charge is 0.0860 e. The number of halogens is 1. The number of nitrogens with one attached hydrogen (secondary N) is 1. The van der Waals surface area contributed by atoms with E-state index in [1.54, 1.807) is 0 Å². The van der Waals surface area contributed by atoms with Crippen LogP contribution in [0.3, 0.4) is 0 Å². The van der Waals surface area contributed by atoms with Crippen LogP contribution in [0.25, 0.3) is 0 Å². The Morgan fingerprint density at radius 2 is 2.00 bits per heavy atom. The summed E-state index contributed by atoms with van der Waals surface area (Å²) < 4.78 is 2.00. The molecule has 5 heteroatoms. The van der Waals surface area contributed by atoms with Crippen LogP contribution >= 0.6 is 11.6 Å². The van der Waals surface area contributed by atoms with Crippen molar-refractivity contribution in [2.24, 2.45) is 0 Å². The first-order valence-electron chi connectivity index (χ1n) is 7.80. The van der Waals surface area contributed by atoms with Crippen LogP contribution in [0.15, 0.2) is 0 Å². The van der Waals surface area contributed by atoms with Crippen molar-refractivity contribution in [3.05, 3.63) is 16.4 Å². The van der Waals surface area contributed by atoms with E-state index < -0.39 is 0 Å². The summed E-state index contributed by atoms with van der Waals surface area (Å²) in [7, 11) is 0. The molecule has 1 aliphatic heterocycles. The van der Waals surface area contributed by atoms with Gasteiger partial charge in [0.05, 0.1) is 16.4 Å². The van der Waals surface area contributed by atoms with E-state index in [9.17, 15) is 0 Å². The molecule has 1 aliphatic rings. The van der Waals surface area contributed by atoms with Crippen molar-refractivity contribution in [2.45, 2.75) is 59.2 Å². The zero-order valence-corrected chi connectivity index (χ0v) is 13.7. The summed E-state index contributed by atoms with van der Waals surface area (Å²) in [5.41, 5.74) is 2.03. The molecular formula is C15H27ClN4. The molecule has 1 fully saturated rings. The number of rotatable bonds is 6. The fourth-order valence-corrected chi connectivity index (χ4v) is 3.13. The Morgan fingerprint density at radius 1 is 1.30 bits per heavy atom. The highest BCUT2D eigenvalue weighted by Crippen LogP contribution is 2.20. The van der Waals surface area contributed by atoms with Gasteiger partial charge in [0.15, 0.2) is 0 Å². The third kappa shape index (κ3) is 3.74. The maximum atomic E-state index is 6.32. The summed E-state index contributed by atoms with van der Waals surface area (Å²) in [6.07, 6.45) is 4.08. The molecule has 0 aromatic carbocycles. The molecule has 0 spiro atoms. The first kappa shape index (κ1) is 15.8. The lowest BCUT2D eigenvalue weighted by Crippen LogP contribution is -2.43. The maximum Gasteiger partial charge on any atom is 0.0860 e. The largest absolute Gasteiger partial charge is 0.310 e. The Balaban J connectivity index is 1.83. The summed E-state index contributed by atoms with van der Waals surface area (Å²) in [5, 5.41) is 8.80. The van der Waals surface area contributed by atoms with Crippen molar-refractivity contribution < 1.29 is 0 Å². The van der Waals surface area contributed by atoms with Crippen LogP contribution < -0.4 is 5.32 Å². The average molecular weight is 299 g/mol. The summed E-state index contributed by atoms with van der Waals surface area (Å²) in [4.78, 5) is 2.58. The van der Waals surface area contributed by atoms with Gasteiger partial charge < -0.3 is 5.32 Å². The SMILES string of the molecule is CCn1nc(C)c(Cl)c1CNCC(C)N1CCCCC1. The van der Waals surface area contributed by atoms with Crippen LogP contribution in [-0.2, 0) is 13.1 Å². The van der Waals surface area contributed by atoms with Crippen molar-refractivity contribution in [1.82, 2.24) is 20.0 Å². The molecule has 0 aliphatic carbocycles. The highest BCUT2D eigenvalue weighted by molar-refractivity contribution is 6.31. The number of aromatic nitrogens is 2. The molecular weight excluding hydrogens is 272 g/mol. The van der Waals surface area contributed by atoms with Crippen LogP contribution in [0.4, 0.5) is 0 Å². The molecule has 1 N–H and O–H groups in total. The van der Waals surface area contributed by atoms with Gasteiger partial charge in [0.25, 0.3) is 0 Å². The van der Waals surface area contributed by atoms with Gasteiger partial charge in [-0.2, -0.15) is 5.10 Å². The van der Waals surface area contributed by atoms with Gasteiger partial charge >= 0.3 is 0 Å². The van der Waals surface area contributed by atoms with E-state index in [-0.39, 0.29) is 0 Å². The number of piperidine rings is 1. The molecule has 1 atom stereocenters. The number of nitrogens with zero attached hydrogens (tertiary/aromatic N) is 3. The van der Waals surface area contributed by atoms with Crippen LogP contribution in [0.2, 0.25) is 5.02 Å². The number of hydrogen-bond acceptors (Lipinski definition) is 3. The Labute approximate surface area is 127 Å². The maximum absolute atomic E-state index is 6.32. The van der Waals surface area contributed by atoms with Gasteiger partial charge in [-0.3, -0.25) is 9.58 Å². The molecule has 4 nitrogen and oxygen atoms in total. The molecule has 114 valence electrons. The molecule has 1 aromatic rings. The molecule has 0 radical (unpaired) electrons. The predicted octanol–water partition coefficient (Wildman–Crippen LogP) is 2.83. The standard InChI is InChI=1S/C15H27ClN4/c1-4-20-14(15(16)13(3)18-20)11-17-10-12(2)19-8-6-5-7-9-19/h12,17H,4-11H2,1-3H3. The van der Waals surface area contributed by atoms with Crippen molar-refractivity contribution >= 4 is 11.6 Å². The minimum absolute atomic E-state index is 0.591. The van der Waals surface area contributed by atoms with Crippen molar-refractivity contribution in [3.63, 3.8) is 0 Å². The summed E-state index contributed by atoms with van der Waals surface area (Å²) >= 11 is 6.32. The molecule has 1 aromatic heterocycles. The summed E-state index contributed by atoms with van der Waals surface area (Å²) in [5.74, 6) is 0. The third-order valence-corrected chi connectivity index (χ3v) is 4.69. The Morgan fingerprint density at radius 3 is 2.65 bits per heavy atom. The molecule has 2 heterocycles. The van der Waals surface area contributed by atoms with E-state index in [1.165, 1.54) is 32.4 Å². The van der Waals surface area contributed by atoms with Gasteiger partial charge in [0.2, 0.25) is 0 Å². The number of likely N-dealkylation sites (tertiary alicyclic amines) is 1. The lowest BCUT2D eigenvalue weighted by atomic mass is 10.1. The molecule has 0 amide bonds. The number of hydrogen-bond donors (Lipinski definition) is 1. The monoisotopic (exact) mass is 298 g/mol. The fourth-order valence-electron chi connectivity index (χ4n) is 2.93. The zero-order chi connectivity index (χ0) is 14.5. The summed E-state index contributed by atoms with van der Waals surface area (Å²) in [6.45, 7) is 11.5. The van der Waals surface area contributed by atoms with Gasteiger partial charge in [-0.15, -0.1) is 0 Å². The first-order valence-corrected chi connectivity index (χ1v) is 8.17. The normalized spacial score (nSPS) is 18.4. The highest BCUT2D eigenvalue weighted by Gasteiger charge is 2.17. The highest BCUT2D eigenvalue weighted by atomic mass is 35.5. The van der Waals surface area contributed by atoms with Crippen molar-refractivity contribution in [3.8, 4) is 0 Å². The minimum atomic E-state index is 0.591. The molecule has 1 unspecified atom stereocenters. The lowest BCUT2D eigenvalue weighted by Gasteiger charge is -2.32. The third-order valence-electron chi connectivity index (χ3n) is 4.20. The second-order valence-corrected chi connectivity index (χ2v) is 6.12. The van der Waals surface area contributed by atoms with Crippen molar-refractivity contribution in [1.29, 1.82) is 0 Å². The van der Waals surface area contributed by atoms with Gasteiger partial charge in [-0.25, -0.2) is 0 Å². The lowest BCUT2D eigenvalue weighted by molar-refractivity contribution is 0.170. The average Bonchev–Trinajstić information content (AvgIpc) is 2.75. The zero-order valence-electron chi connectivity index (χ0n) is 13.0. The van der Waals surface area contributed by atoms with Crippen LogP contribution in [0, 0.1) is 6.92 Å². The molecule has 1 saturated heterocycles. The van der Waals surface area contributed by atoms with E-state index >= 15 is 0 Å². The van der Waals surface area contributed by atoms with E-state index in [0.717, 1.165) is 36.0 Å². The minimum Gasteiger partial charge on any atom is -0.310 e. The van der Waals surface area contributed by atoms with Crippen molar-refractivity contribution in [2.75, 3.05) is 19.6 Å².